The second-order valence-corrected chi connectivity index (χ2v) is 6.44. The zero-order valence-electron chi connectivity index (χ0n) is 14.5. The van der Waals surface area contributed by atoms with E-state index in [1.54, 1.807) is 45.5 Å². The van der Waals surface area contributed by atoms with Crippen molar-refractivity contribution < 1.29 is 18.7 Å². The van der Waals surface area contributed by atoms with Crippen molar-refractivity contribution in [1.82, 2.24) is 4.90 Å². The van der Waals surface area contributed by atoms with Crippen molar-refractivity contribution in [3.05, 3.63) is 58.8 Å². The Morgan fingerprint density at radius 3 is 2.50 bits per heavy atom. The molecule has 5 nitrogen and oxygen atoms in total. The fourth-order valence-corrected chi connectivity index (χ4v) is 3.42. The number of nitrogens with zero attached hydrogens (tertiary/aromatic N) is 2. The number of ether oxygens (including phenoxy) is 2. The third-order valence-corrected chi connectivity index (χ3v) is 4.84. The number of carbonyl (C=O) groups excluding carboxylic acids is 1. The number of amides is 1. The van der Waals surface area contributed by atoms with E-state index in [-0.39, 0.29) is 11.7 Å². The molecule has 7 heteroatoms. The van der Waals surface area contributed by atoms with Crippen LogP contribution < -0.4 is 9.47 Å². The van der Waals surface area contributed by atoms with Gasteiger partial charge in [0, 0.05) is 12.6 Å². The number of hydrogen-bond acceptors (Lipinski definition) is 5. The normalized spacial score (nSPS) is 17.2. The third kappa shape index (κ3) is 3.57. The molecule has 1 aliphatic rings. The number of amidine groups is 1. The van der Waals surface area contributed by atoms with Gasteiger partial charge in [-0.25, -0.2) is 9.38 Å². The van der Waals surface area contributed by atoms with Crippen LogP contribution in [0.25, 0.3) is 6.08 Å². The first kappa shape index (κ1) is 18.0. The number of likely N-dealkylation sites (N-methyl/N-ethyl adjacent to an activating group) is 1. The van der Waals surface area contributed by atoms with Gasteiger partial charge in [0.25, 0.3) is 5.91 Å². The van der Waals surface area contributed by atoms with Gasteiger partial charge >= 0.3 is 0 Å². The first-order chi connectivity index (χ1) is 12.5. The highest BCUT2D eigenvalue weighted by Gasteiger charge is 2.30. The lowest BCUT2D eigenvalue weighted by Gasteiger charge is -2.10. The highest BCUT2D eigenvalue weighted by Crippen LogP contribution is 2.37. The van der Waals surface area contributed by atoms with Crippen LogP contribution in [0.1, 0.15) is 5.56 Å². The average molecular weight is 372 g/mol. The van der Waals surface area contributed by atoms with Gasteiger partial charge in [-0.05, 0) is 48.2 Å². The number of halogens is 1. The summed E-state index contributed by atoms with van der Waals surface area (Å²) in [6, 6.07) is 11.3. The molecule has 3 rings (SSSR count). The summed E-state index contributed by atoms with van der Waals surface area (Å²) >= 11 is 1.25. The predicted molar refractivity (Wildman–Crippen MR) is 101 cm³/mol. The number of aliphatic imine (C=N–C) groups is 1. The molecule has 0 saturated carbocycles. The maximum atomic E-state index is 13.0. The number of carbonyl (C=O) groups is 1. The Morgan fingerprint density at radius 2 is 1.85 bits per heavy atom. The van der Waals surface area contributed by atoms with Crippen molar-refractivity contribution >= 4 is 34.6 Å². The second-order valence-electron chi connectivity index (χ2n) is 5.43. The van der Waals surface area contributed by atoms with E-state index in [4.69, 9.17) is 9.47 Å². The van der Waals surface area contributed by atoms with E-state index in [2.05, 4.69) is 4.99 Å². The van der Waals surface area contributed by atoms with Crippen molar-refractivity contribution in [2.75, 3.05) is 21.3 Å². The van der Waals surface area contributed by atoms with Crippen molar-refractivity contribution in [2.45, 2.75) is 0 Å². The number of benzene rings is 2. The first-order valence-electron chi connectivity index (χ1n) is 7.76. The van der Waals surface area contributed by atoms with Crippen LogP contribution in [0.15, 0.2) is 52.4 Å². The quantitative estimate of drug-likeness (QED) is 0.759. The van der Waals surface area contributed by atoms with E-state index in [1.165, 1.54) is 28.8 Å². The van der Waals surface area contributed by atoms with Crippen LogP contribution in [0.3, 0.4) is 0 Å². The summed E-state index contributed by atoms with van der Waals surface area (Å²) in [7, 11) is 4.77. The van der Waals surface area contributed by atoms with Crippen molar-refractivity contribution in [3.63, 3.8) is 0 Å². The standard InChI is InChI=1S/C19H17FN2O3S/c1-22-18(23)16(11-12-5-4-6-15(24-2)17(12)25-3)26-19(22)21-14-9-7-13(20)8-10-14/h4-11H,1-3H3/b16-11+,21-19?. The molecule has 1 amide bonds. The number of para-hydroxylation sites is 1. The lowest BCUT2D eigenvalue weighted by molar-refractivity contribution is -0.121. The van der Waals surface area contributed by atoms with Crippen LogP contribution in [-0.4, -0.2) is 37.2 Å². The molecule has 26 heavy (non-hydrogen) atoms. The molecule has 1 fully saturated rings. The fraction of sp³-hybridized carbons (Fsp3) is 0.158. The van der Waals surface area contributed by atoms with Crippen LogP contribution in [0.2, 0.25) is 0 Å². The molecule has 0 aromatic heterocycles. The Bertz CT molecular complexity index is 894. The van der Waals surface area contributed by atoms with Crippen LogP contribution in [0.4, 0.5) is 10.1 Å². The molecule has 0 bridgehead atoms. The van der Waals surface area contributed by atoms with Gasteiger partial charge in [0.05, 0.1) is 24.8 Å². The van der Waals surface area contributed by atoms with Crippen molar-refractivity contribution in [2.24, 2.45) is 4.99 Å². The molecular formula is C19H17FN2O3S. The number of rotatable bonds is 4. The zero-order chi connectivity index (χ0) is 18.7. The molecule has 2 aromatic rings. The van der Waals surface area contributed by atoms with Gasteiger partial charge < -0.3 is 9.47 Å². The summed E-state index contributed by atoms with van der Waals surface area (Å²) < 4.78 is 23.7. The molecule has 0 spiro atoms. The smallest absolute Gasteiger partial charge is 0.266 e. The lowest BCUT2D eigenvalue weighted by Crippen LogP contribution is -2.23. The summed E-state index contributed by atoms with van der Waals surface area (Å²) in [6.07, 6.45) is 1.75. The van der Waals surface area contributed by atoms with Gasteiger partial charge in [0.2, 0.25) is 0 Å². The number of hydrogen-bond donors (Lipinski definition) is 0. The van der Waals surface area contributed by atoms with E-state index in [9.17, 15) is 9.18 Å². The topological polar surface area (TPSA) is 51.1 Å². The van der Waals surface area contributed by atoms with Crippen LogP contribution >= 0.6 is 11.8 Å². The van der Waals surface area contributed by atoms with E-state index in [0.717, 1.165) is 5.56 Å². The van der Waals surface area contributed by atoms with E-state index in [0.29, 0.717) is 27.3 Å². The predicted octanol–water partition coefficient (Wildman–Crippen LogP) is 4.08. The van der Waals surface area contributed by atoms with Gasteiger partial charge in [-0.1, -0.05) is 12.1 Å². The van der Waals surface area contributed by atoms with Gasteiger partial charge in [0.15, 0.2) is 16.7 Å². The van der Waals surface area contributed by atoms with Gasteiger partial charge in [0.1, 0.15) is 5.82 Å². The van der Waals surface area contributed by atoms with Crippen LogP contribution in [0.5, 0.6) is 11.5 Å². The number of methoxy groups -OCH3 is 2. The SMILES string of the molecule is COc1cccc(/C=C2/SC(=Nc3ccc(F)cc3)N(C)C2=O)c1OC. The molecule has 1 saturated heterocycles. The molecule has 0 N–H and O–H groups in total. The van der Waals surface area contributed by atoms with Crippen molar-refractivity contribution in [3.8, 4) is 11.5 Å². The molecule has 1 heterocycles. The minimum atomic E-state index is -0.330. The molecule has 0 atom stereocenters. The molecular weight excluding hydrogens is 355 g/mol. The van der Waals surface area contributed by atoms with Gasteiger partial charge in [-0.15, -0.1) is 0 Å². The van der Waals surface area contributed by atoms with Crippen LogP contribution in [-0.2, 0) is 4.79 Å². The maximum absolute atomic E-state index is 13.0. The lowest BCUT2D eigenvalue weighted by atomic mass is 10.1. The highest BCUT2D eigenvalue weighted by atomic mass is 32.2. The second kappa shape index (κ2) is 7.61. The van der Waals surface area contributed by atoms with Crippen molar-refractivity contribution in [1.29, 1.82) is 0 Å². The monoisotopic (exact) mass is 372 g/mol. The molecule has 0 radical (unpaired) electrons. The summed E-state index contributed by atoms with van der Waals surface area (Å²) in [5, 5.41) is 0.523. The minimum absolute atomic E-state index is 0.166. The molecule has 0 unspecified atom stereocenters. The number of thioether (sulfide) groups is 1. The molecule has 0 aliphatic carbocycles. The summed E-state index contributed by atoms with van der Waals surface area (Å²) in [6.45, 7) is 0. The summed E-state index contributed by atoms with van der Waals surface area (Å²) in [4.78, 5) is 18.9. The largest absolute Gasteiger partial charge is 0.493 e. The Kier molecular flexibility index (Phi) is 5.27. The Hall–Kier alpha value is -2.80. The van der Waals surface area contributed by atoms with E-state index >= 15 is 0 Å². The zero-order valence-corrected chi connectivity index (χ0v) is 15.3. The first-order valence-corrected chi connectivity index (χ1v) is 8.58. The maximum Gasteiger partial charge on any atom is 0.266 e. The molecule has 1 aliphatic heterocycles. The van der Waals surface area contributed by atoms with Gasteiger partial charge in [-0.3, -0.25) is 9.69 Å². The molecule has 2 aromatic carbocycles. The minimum Gasteiger partial charge on any atom is -0.493 e. The van der Waals surface area contributed by atoms with Gasteiger partial charge in [-0.2, -0.15) is 0 Å². The highest BCUT2D eigenvalue weighted by molar-refractivity contribution is 8.18. The van der Waals surface area contributed by atoms with E-state index in [1.807, 2.05) is 12.1 Å². The van der Waals surface area contributed by atoms with E-state index < -0.39 is 0 Å². The average Bonchev–Trinajstić information content (AvgIpc) is 2.91. The summed E-state index contributed by atoms with van der Waals surface area (Å²) in [5.41, 5.74) is 1.31. The molecule has 134 valence electrons. The summed E-state index contributed by atoms with van der Waals surface area (Å²) in [5.74, 6) is 0.650. The Labute approximate surface area is 155 Å². The Morgan fingerprint density at radius 1 is 1.12 bits per heavy atom. The van der Waals surface area contributed by atoms with Crippen LogP contribution in [0, 0.1) is 5.82 Å². The Balaban J connectivity index is 1.94. The third-order valence-electron chi connectivity index (χ3n) is 3.77. The fourth-order valence-electron chi connectivity index (χ4n) is 2.44.